The highest BCUT2D eigenvalue weighted by Gasteiger charge is 2.28. The highest BCUT2D eigenvalue weighted by molar-refractivity contribution is 5.92. The second kappa shape index (κ2) is 13.4. The molecule has 2 fully saturated rings. The van der Waals surface area contributed by atoms with E-state index in [-0.39, 0.29) is 11.9 Å². The first-order chi connectivity index (χ1) is 19.9. The van der Waals surface area contributed by atoms with Crippen molar-refractivity contribution in [1.82, 2.24) is 25.0 Å². The van der Waals surface area contributed by atoms with Crippen LogP contribution in [0.4, 0.5) is 4.79 Å². The van der Waals surface area contributed by atoms with E-state index in [2.05, 4.69) is 22.0 Å². The summed E-state index contributed by atoms with van der Waals surface area (Å²) in [5, 5.41) is 3.92. The van der Waals surface area contributed by atoms with Crippen LogP contribution in [0.2, 0.25) is 0 Å². The van der Waals surface area contributed by atoms with Crippen molar-refractivity contribution in [2.75, 3.05) is 46.8 Å². The molecule has 3 aromatic rings. The highest BCUT2D eigenvalue weighted by Crippen LogP contribution is 2.37. The number of piperazine rings is 1. The number of amides is 2. The lowest BCUT2D eigenvalue weighted by atomic mass is 9.85. The van der Waals surface area contributed by atoms with E-state index in [4.69, 9.17) is 9.72 Å². The van der Waals surface area contributed by atoms with Crippen LogP contribution in [-0.4, -0.2) is 84.5 Å². The summed E-state index contributed by atoms with van der Waals surface area (Å²) in [5.41, 5.74) is 3.31. The number of hydrogen-bond donors (Lipinski definition) is 1. The number of ether oxygens (including phenoxy) is 1. The van der Waals surface area contributed by atoms with E-state index in [1.165, 1.54) is 19.3 Å². The van der Waals surface area contributed by atoms with Crippen LogP contribution < -0.4 is 10.1 Å². The minimum atomic E-state index is -0.440. The molecule has 41 heavy (non-hydrogen) atoms. The maximum Gasteiger partial charge on any atom is 0.412 e. The van der Waals surface area contributed by atoms with Gasteiger partial charge >= 0.3 is 6.09 Å². The average Bonchev–Trinajstić information content (AvgIpc) is 2.98. The summed E-state index contributed by atoms with van der Waals surface area (Å²) in [5.74, 6) is 1.11. The molecule has 1 aliphatic carbocycles. The number of rotatable bonds is 9. The molecule has 2 amide bonds. The standard InChI is InChI=1S/C33H43N5O3/c1-24(25-12-6-4-7-13-25)34-33(40)41-32-27-16-10-11-17-29(27)35-31(26-14-8-5-9-15-26)28(32)22-37-19-21-38(30(39)23-37)20-18-36(2)3/h5,8-11,14-17,24-25H,4,6-7,12-13,18-23H2,1-3H3,(H,34,40)/t24-/m0/s1. The van der Waals surface area contributed by atoms with Gasteiger partial charge in [-0.1, -0.05) is 61.7 Å². The summed E-state index contributed by atoms with van der Waals surface area (Å²) in [6, 6.07) is 17.9. The van der Waals surface area contributed by atoms with Crippen molar-refractivity contribution in [2.24, 2.45) is 5.92 Å². The first kappa shape index (κ1) is 29.0. The number of hydrogen-bond acceptors (Lipinski definition) is 6. The van der Waals surface area contributed by atoms with Crippen molar-refractivity contribution in [3.05, 3.63) is 60.2 Å². The molecule has 0 unspecified atom stereocenters. The van der Waals surface area contributed by atoms with Crippen molar-refractivity contribution in [1.29, 1.82) is 0 Å². The van der Waals surface area contributed by atoms with Crippen molar-refractivity contribution >= 4 is 22.9 Å². The Labute approximate surface area is 243 Å². The Morgan fingerprint density at radius 1 is 1.05 bits per heavy atom. The monoisotopic (exact) mass is 557 g/mol. The minimum absolute atomic E-state index is 0.0424. The van der Waals surface area contributed by atoms with E-state index in [9.17, 15) is 9.59 Å². The Bertz CT molecular complexity index is 1340. The molecule has 8 heteroatoms. The molecule has 2 heterocycles. The Hall–Kier alpha value is -3.49. The van der Waals surface area contributed by atoms with Gasteiger partial charge in [0.2, 0.25) is 5.91 Å². The van der Waals surface area contributed by atoms with E-state index in [1.807, 2.05) is 73.6 Å². The molecule has 0 bridgehead atoms. The molecule has 5 rings (SSSR count). The van der Waals surface area contributed by atoms with Crippen molar-refractivity contribution in [2.45, 2.75) is 51.6 Å². The zero-order valence-corrected chi connectivity index (χ0v) is 24.6. The first-order valence-corrected chi connectivity index (χ1v) is 15.0. The smallest absolute Gasteiger partial charge is 0.409 e. The molecule has 1 aliphatic heterocycles. The number of aromatic nitrogens is 1. The van der Waals surface area contributed by atoms with E-state index in [0.29, 0.717) is 31.3 Å². The topological polar surface area (TPSA) is 78.0 Å². The van der Waals surface area contributed by atoms with E-state index in [1.54, 1.807) is 0 Å². The molecule has 1 saturated heterocycles. The molecule has 1 aromatic heterocycles. The quantitative estimate of drug-likeness (QED) is 0.391. The molecule has 0 radical (unpaired) electrons. The number of likely N-dealkylation sites (N-methyl/N-ethyl adjacent to an activating group) is 1. The van der Waals surface area contributed by atoms with E-state index < -0.39 is 6.09 Å². The van der Waals surface area contributed by atoms with Gasteiger partial charge in [0.05, 0.1) is 17.8 Å². The number of carbonyl (C=O) groups is 2. The molecule has 218 valence electrons. The minimum Gasteiger partial charge on any atom is -0.409 e. The third-order valence-electron chi connectivity index (χ3n) is 8.48. The normalized spacial score (nSPS) is 17.7. The summed E-state index contributed by atoms with van der Waals surface area (Å²) in [6.45, 7) is 5.83. The van der Waals surface area contributed by atoms with Gasteiger partial charge in [0, 0.05) is 55.3 Å². The van der Waals surface area contributed by atoms with Crippen molar-refractivity contribution in [3.8, 4) is 17.0 Å². The first-order valence-electron chi connectivity index (χ1n) is 15.0. The molecule has 1 atom stereocenters. The molecule has 8 nitrogen and oxygen atoms in total. The number of para-hydroxylation sites is 1. The lowest BCUT2D eigenvalue weighted by Crippen LogP contribution is -2.51. The van der Waals surface area contributed by atoms with Crippen molar-refractivity contribution < 1.29 is 14.3 Å². The second-order valence-electron chi connectivity index (χ2n) is 11.8. The number of carbonyl (C=O) groups excluding carboxylic acids is 2. The van der Waals surface area contributed by atoms with Crippen LogP contribution in [0.1, 0.15) is 44.6 Å². The SMILES string of the molecule is C[C@H](NC(=O)Oc1c(CN2CCN(CCN(C)C)C(=O)C2)c(-c2ccccc2)nc2ccccc12)C1CCCCC1. The summed E-state index contributed by atoms with van der Waals surface area (Å²) < 4.78 is 6.22. The molecule has 1 saturated carbocycles. The zero-order chi connectivity index (χ0) is 28.8. The van der Waals surface area contributed by atoms with Gasteiger partial charge in [0.25, 0.3) is 0 Å². The maximum absolute atomic E-state index is 13.4. The Kier molecular flexibility index (Phi) is 9.52. The predicted octanol–water partition coefficient (Wildman–Crippen LogP) is 5.16. The highest BCUT2D eigenvalue weighted by atomic mass is 16.6. The number of nitrogens with one attached hydrogen (secondary N) is 1. The largest absolute Gasteiger partial charge is 0.412 e. The number of nitrogens with zero attached hydrogens (tertiary/aromatic N) is 4. The van der Waals surface area contributed by atoms with Gasteiger partial charge in [-0.15, -0.1) is 0 Å². The zero-order valence-electron chi connectivity index (χ0n) is 24.6. The summed E-state index contributed by atoms with van der Waals surface area (Å²) >= 11 is 0. The summed E-state index contributed by atoms with van der Waals surface area (Å²) in [4.78, 5) is 37.7. The van der Waals surface area contributed by atoms with Crippen LogP contribution in [0.15, 0.2) is 54.6 Å². The number of fused-ring (bicyclic) bond motifs is 1. The number of benzene rings is 2. The van der Waals surface area contributed by atoms with Gasteiger partial charge in [-0.2, -0.15) is 0 Å². The number of pyridine rings is 1. The van der Waals surface area contributed by atoms with Gasteiger partial charge in [-0.3, -0.25) is 9.69 Å². The molecule has 2 aliphatic rings. The van der Waals surface area contributed by atoms with Gasteiger partial charge < -0.3 is 19.9 Å². The van der Waals surface area contributed by atoms with Crippen LogP contribution in [0.25, 0.3) is 22.2 Å². The Morgan fingerprint density at radius 2 is 1.78 bits per heavy atom. The molecule has 1 N–H and O–H groups in total. The van der Waals surface area contributed by atoms with Crippen LogP contribution in [-0.2, 0) is 11.3 Å². The van der Waals surface area contributed by atoms with Crippen LogP contribution >= 0.6 is 0 Å². The fourth-order valence-corrected chi connectivity index (χ4v) is 6.05. The van der Waals surface area contributed by atoms with E-state index >= 15 is 0 Å². The molecular formula is C33H43N5O3. The Balaban J connectivity index is 1.46. The Morgan fingerprint density at radius 3 is 2.51 bits per heavy atom. The summed E-state index contributed by atoms with van der Waals surface area (Å²) in [7, 11) is 4.04. The average molecular weight is 558 g/mol. The predicted molar refractivity (Wildman–Crippen MR) is 163 cm³/mol. The van der Waals surface area contributed by atoms with E-state index in [0.717, 1.165) is 60.2 Å². The van der Waals surface area contributed by atoms with Gasteiger partial charge in [0.1, 0.15) is 5.75 Å². The van der Waals surface area contributed by atoms with Crippen molar-refractivity contribution in [3.63, 3.8) is 0 Å². The lowest BCUT2D eigenvalue weighted by Gasteiger charge is -2.35. The maximum atomic E-state index is 13.4. The molecule has 0 spiro atoms. The molecular weight excluding hydrogens is 514 g/mol. The van der Waals surface area contributed by atoms with Gasteiger partial charge in [-0.05, 0) is 51.9 Å². The van der Waals surface area contributed by atoms with Crippen LogP contribution in [0.3, 0.4) is 0 Å². The van der Waals surface area contributed by atoms with Crippen LogP contribution in [0, 0.1) is 5.92 Å². The fourth-order valence-electron chi connectivity index (χ4n) is 6.05. The summed E-state index contributed by atoms with van der Waals surface area (Å²) in [6.07, 6.45) is 5.53. The van der Waals surface area contributed by atoms with Gasteiger partial charge in [-0.25, -0.2) is 9.78 Å². The lowest BCUT2D eigenvalue weighted by molar-refractivity contribution is -0.136. The fraction of sp³-hybridized carbons (Fsp3) is 0.485. The molecule has 2 aromatic carbocycles. The third-order valence-corrected chi connectivity index (χ3v) is 8.48. The van der Waals surface area contributed by atoms with Gasteiger partial charge in [0.15, 0.2) is 0 Å². The third kappa shape index (κ3) is 7.24. The second-order valence-corrected chi connectivity index (χ2v) is 11.8. The van der Waals surface area contributed by atoms with Crippen LogP contribution in [0.5, 0.6) is 5.75 Å².